The lowest BCUT2D eigenvalue weighted by Gasteiger charge is -2.15. The van der Waals surface area contributed by atoms with E-state index in [1.54, 1.807) is 24.3 Å². The number of likely N-dealkylation sites (N-methyl/N-ethyl adjacent to an activating group) is 1. The highest BCUT2D eigenvalue weighted by Crippen LogP contribution is 2.13. The fraction of sp³-hybridized carbons (Fsp3) is 0.385. The normalized spacial score (nSPS) is 10.0. The standard InChI is InChI=1S/C13H17N3O/c1-3-8-16(2)10-13(17)15-12-7-5-4-6-11(12)9-14/h4-7H,3,8,10H2,1-2H3,(H,15,17). The van der Waals surface area contributed by atoms with Crippen molar-refractivity contribution in [1.29, 1.82) is 5.26 Å². The van der Waals surface area contributed by atoms with Crippen LogP contribution in [-0.4, -0.2) is 30.9 Å². The molecule has 0 aliphatic heterocycles. The Labute approximate surface area is 102 Å². The molecule has 0 radical (unpaired) electrons. The summed E-state index contributed by atoms with van der Waals surface area (Å²) in [5.41, 5.74) is 1.06. The summed E-state index contributed by atoms with van der Waals surface area (Å²) in [5, 5.41) is 11.6. The molecule has 1 rings (SSSR count). The van der Waals surface area contributed by atoms with Crippen LogP contribution >= 0.6 is 0 Å². The van der Waals surface area contributed by atoms with E-state index in [1.165, 1.54) is 0 Å². The minimum absolute atomic E-state index is 0.0938. The van der Waals surface area contributed by atoms with E-state index in [0.29, 0.717) is 17.8 Å². The summed E-state index contributed by atoms with van der Waals surface area (Å²) in [6, 6.07) is 9.04. The molecule has 0 saturated heterocycles. The van der Waals surface area contributed by atoms with Crippen LogP contribution in [0.3, 0.4) is 0 Å². The summed E-state index contributed by atoms with van der Waals surface area (Å²) in [6.45, 7) is 3.29. The van der Waals surface area contributed by atoms with Gasteiger partial charge in [-0.05, 0) is 32.1 Å². The fourth-order valence-corrected chi connectivity index (χ4v) is 1.59. The van der Waals surface area contributed by atoms with Crippen LogP contribution in [0.25, 0.3) is 0 Å². The summed E-state index contributed by atoms with van der Waals surface area (Å²) in [4.78, 5) is 13.7. The van der Waals surface area contributed by atoms with Gasteiger partial charge in [-0.25, -0.2) is 0 Å². The van der Waals surface area contributed by atoms with Crippen molar-refractivity contribution in [3.63, 3.8) is 0 Å². The molecule has 1 amide bonds. The van der Waals surface area contributed by atoms with Crippen LogP contribution < -0.4 is 5.32 Å². The van der Waals surface area contributed by atoms with E-state index in [1.807, 2.05) is 11.9 Å². The number of hydrogen-bond donors (Lipinski definition) is 1. The molecule has 0 spiro atoms. The largest absolute Gasteiger partial charge is 0.324 e. The predicted molar refractivity (Wildman–Crippen MR) is 67.6 cm³/mol. The Hall–Kier alpha value is -1.86. The maximum atomic E-state index is 11.7. The predicted octanol–water partition coefficient (Wildman–Crippen LogP) is 1.84. The lowest BCUT2D eigenvalue weighted by atomic mass is 10.2. The summed E-state index contributed by atoms with van der Waals surface area (Å²) in [7, 11) is 1.90. The molecule has 0 fully saturated rings. The molecule has 0 bridgehead atoms. The minimum atomic E-state index is -0.0938. The highest BCUT2D eigenvalue weighted by atomic mass is 16.2. The molecule has 0 heterocycles. The van der Waals surface area contributed by atoms with E-state index in [9.17, 15) is 4.79 Å². The van der Waals surface area contributed by atoms with Crippen molar-refractivity contribution in [3.8, 4) is 6.07 Å². The summed E-state index contributed by atoms with van der Waals surface area (Å²) < 4.78 is 0. The van der Waals surface area contributed by atoms with Crippen LogP contribution in [0.1, 0.15) is 18.9 Å². The van der Waals surface area contributed by atoms with E-state index in [2.05, 4.69) is 18.3 Å². The molecule has 90 valence electrons. The van der Waals surface area contributed by atoms with E-state index in [-0.39, 0.29) is 5.91 Å². The highest BCUT2D eigenvalue weighted by Gasteiger charge is 2.08. The van der Waals surface area contributed by atoms with Gasteiger partial charge < -0.3 is 5.32 Å². The number of benzene rings is 1. The third-order valence-corrected chi connectivity index (χ3v) is 2.34. The molecular weight excluding hydrogens is 214 g/mol. The SMILES string of the molecule is CCCN(C)CC(=O)Nc1ccccc1C#N. The average Bonchev–Trinajstić information content (AvgIpc) is 2.29. The van der Waals surface area contributed by atoms with Crippen molar-refractivity contribution >= 4 is 11.6 Å². The molecule has 1 N–H and O–H groups in total. The molecule has 1 aromatic rings. The Morgan fingerprint density at radius 2 is 2.18 bits per heavy atom. The lowest BCUT2D eigenvalue weighted by molar-refractivity contribution is -0.117. The molecule has 4 heteroatoms. The molecule has 0 unspecified atom stereocenters. The average molecular weight is 231 g/mol. The Kier molecular flexibility index (Phi) is 5.18. The summed E-state index contributed by atoms with van der Waals surface area (Å²) in [6.07, 6.45) is 1.01. The van der Waals surface area contributed by atoms with Gasteiger partial charge in [0.1, 0.15) is 6.07 Å². The molecule has 0 atom stereocenters. The zero-order chi connectivity index (χ0) is 12.7. The van der Waals surface area contributed by atoms with Crippen molar-refractivity contribution in [1.82, 2.24) is 4.90 Å². The number of hydrogen-bond acceptors (Lipinski definition) is 3. The first-order valence-corrected chi connectivity index (χ1v) is 5.65. The van der Waals surface area contributed by atoms with E-state index >= 15 is 0 Å². The monoisotopic (exact) mass is 231 g/mol. The zero-order valence-corrected chi connectivity index (χ0v) is 10.2. The van der Waals surface area contributed by atoms with Crippen LogP contribution in [0.2, 0.25) is 0 Å². The molecule has 17 heavy (non-hydrogen) atoms. The van der Waals surface area contributed by atoms with Gasteiger partial charge >= 0.3 is 0 Å². The summed E-state index contributed by atoms with van der Waals surface area (Å²) in [5.74, 6) is -0.0938. The Morgan fingerprint density at radius 3 is 2.82 bits per heavy atom. The number of para-hydroxylation sites is 1. The van der Waals surface area contributed by atoms with Gasteiger partial charge in [0.25, 0.3) is 0 Å². The Balaban J connectivity index is 2.59. The lowest BCUT2D eigenvalue weighted by Crippen LogP contribution is -2.30. The minimum Gasteiger partial charge on any atom is -0.324 e. The number of nitrogens with one attached hydrogen (secondary N) is 1. The van der Waals surface area contributed by atoms with Crippen LogP contribution in [0.5, 0.6) is 0 Å². The fourth-order valence-electron chi connectivity index (χ4n) is 1.59. The zero-order valence-electron chi connectivity index (χ0n) is 10.2. The van der Waals surface area contributed by atoms with Gasteiger partial charge in [-0.2, -0.15) is 5.26 Å². The number of rotatable bonds is 5. The van der Waals surface area contributed by atoms with Gasteiger partial charge in [-0.3, -0.25) is 9.69 Å². The second kappa shape index (κ2) is 6.66. The van der Waals surface area contributed by atoms with Gasteiger partial charge in [0.15, 0.2) is 0 Å². The van der Waals surface area contributed by atoms with Crippen LogP contribution in [0.15, 0.2) is 24.3 Å². The number of carbonyl (C=O) groups excluding carboxylic acids is 1. The molecule has 0 saturated carbocycles. The number of anilines is 1. The Morgan fingerprint density at radius 1 is 1.47 bits per heavy atom. The van der Waals surface area contributed by atoms with Gasteiger partial charge in [-0.1, -0.05) is 19.1 Å². The third-order valence-electron chi connectivity index (χ3n) is 2.34. The van der Waals surface area contributed by atoms with E-state index < -0.39 is 0 Å². The van der Waals surface area contributed by atoms with Crippen molar-refractivity contribution in [3.05, 3.63) is 29.8 Å². The molecule has 0 aliphatic carbocycles. The number of nitrogens with zero attached hydrogens (tertiary/aromatic N) is 2. The van der Waals surface area contributed by atoms with Crippen LogP contribution in [0, 0.1) is 11.3 Å². The maximum Gasteiger partial charge on any atom is 0.238 e. The van der Waals surface area contributed by atoms with Gasteiger partial charge in [-0.15, -0.1) is 0 Å². The number of nitriles is 1. The van der Waals surface area contributed by atoms with Crippen molar-refractivity contribution in [2.24, 2.45) is 0 Å². The third kappa shape index (κ3) is 4.25. The summed E-state index contributed by atoms with van der Waals surface area (Å²) >= 11 is 0. The quantitative estimate of drug-likeness (QED) is 0.841. The first-order valence-electron chi connectivity index (χ1n) is 5.65. The number of carbonyl (C=O) groups is 1. The first kappa shape index (κ1) is 13.2. The van der Waals surface area contributed by atoms with Crippen LogP contribution in [0.4, 0.5) is 5.69 Å². The van der Waals surface area contributed by atoms with E-state index in [0.717, 1.165) is 13.0 Å². The molecule has 1 aromatic carbocycles. The second-order valence-corrected chi connectivity index (χ2v) is 3.94. The molecule has 0 aliphatic rings. The van der Waals surface area contributed by atoms with Gasteiger partial charge in [0.05, 0.1) is 17.8 Å². The van der Waals surface area contributed by atoms with Crippen molar-refractivity contribution in [2.45, 2.75) is 13.3 Å². The maximum absolute atomic E-state index is 11.7. The molecule has 4 nitrogen and oxygen atoms in total. The first-order chi connectivity index (χ1) is 8.17. The van der Waals surface area contributed by atoms with Crippen molar-refractivity contribution < 1.29 is 4.79 Å². The highest BCUT2D eigenvalue weighted by molar-refractivity contribution is 5.93. The topological polar surface area (TPSA) is 56.1 Å². The van der Waals surface area contributed by atoms with Crippen molar-refractivity contribution in [2.75, 3.05) is 25.5 Å². The Bertz CT molecular complexity index is 423. The van der Waals surface area contributed by atoms with Gasteiger partial charge in [0, 0.05) is 0 Å². The molecular formula is C13H17N3O. The van der Waals surface area contributed by atoms with E-state index in [4.69, 9.17) is 5.26 Å². The smallest absolute Gasteiger partial charge is 0.238 e. The van der Waals surface area contributed by atoms with Gasteiger partial charge in [0.2, 0.25) is 5.91 Å². The van der Waals surface area contributed by atoms with Crippen LogP contribution in [-0.2, 0) is 4.79 Å². The second-order valence-electron chi connectivity index (χ2n) is 3.94. The number of amides is 1. The molecule has 0 aromatic heterocycles.